The van der Waals surface area contributed by atoms with Crippen LogP contribution >= 0.6 is 0 Å². The number of nitrogens with one attached hydrogen (secondary N) is 1. The van der Waals surface area contributed by atoms with Crippen LogP contribution in [0.4, 0.5) is 10.1 Å². The van der Waals surface area contributed by atoms with Crippen molar-refractivity contribution >= 4 is 5.69 Å². The fourth-order valence-corrected chi connectivity index (χ4v) is 2.32. The van der Waals surface area contributed by atoms with Gasteiger partial charge in [0, 0.05) is 25.3 Å². The van der Waals surface area contributed by atoms with Gasteiger partial charge in [0.25, 0.3) is 0 Å². The smallest absolute Gasteiger partial charge is 0.123 e. The van der Waals surface area contributed by atoms with Crippen molar-refractivity contribution in [1.29, 1.82) is 0 Å². The largest absolute Gasteiger partial charge is 0.367 e. The molecule has 0 bridgehead atoms. The molecule has 0 radical (unpaired) electrons. The van der Waals surface area contributed by atoms with E-state index in [4.69, 9.17) is 0 Å². The van der Waals surface area contributed by atoms with E-state index >= 15 is 0 Å². The van der Waals surface area contributed by atoms with Crippen LogP contribution in [0.5, 0.6) is 0 Å². The number of anilines is 1. The van der Waals surface area contributed by atoms with Crippen LogP contribution in [-0.4, -0.2) is 13.6 Å². The van der Waals surface area contributed by atoms with Crippen molar-refractivity contribution in [3.8, 4) is 0 Å². The van der Waals surface area contributed by atoms with E-state index in [1.807, 2.05) is 19.2 Å². The summed E-state index contributed by atoms with van der Waals surface area (Å²) in [7, 11) is 1.95. The number of benzene rings is 2. The van der Waals surface area contributed by atoms with Gasteiger partial charge in [-0.3, -0.25) is 0 Å². The molecule has 0 fully saturated rings. The molecule has 2 rings (SSSR count). The molecule has 1 N–H and O–H groups in total. The third-order valence-corrected chi connectivity index (χ3v) is 3.42. The second-order valence-corrected chi connectivity index (χ2v) is 4.79. The minimum absolute atomic E-state index is 0.194. The number of halogens is 1. The summed E-state index contributed by atoms with van der Waals surface area (Å²) >= 11 is 0. The van der Waals surface area contributed by atoms with Crippen LogP contribution in [0.15, 0.2) is 48.5 Å². The van der Waals surface area contributed by atoms with E-state index in [1.54, 1.807) is 0 Å². The highest BCUT2D eigenvalue weighted by atomic mass is 19.1. The van der Waals surface area contributed by atoms with Crippen LogP contribution < -0.4 is 10.2 Å². The Morgan fingerprint density at radius 1 is 1.00 bits per heavy atom. The Morgan fingerprint density at radius 2 is 1.65 bits per heavy atom. The van der Waals surface area contributed by atoms with Gasteiger partial charge >= 0.3 is 0 Å². The van der Waals surface area contributed by atoms with E-state index in [9.17, 15) is 4.39 Å². The Labute approximate surface area is 120 Å². The first-order valence-corrected chi connectivity index (χ1v) is 6.96. The van der Waals surface area contributed by atoms with E-state index in [2.05, 4.69) is 41.4 Å². The van der Waals surface area contributed by atoms with E-state index in [0.717, 1.165) is 25.3 Å². The highest BCUT2D eigenvalue weighted by molar-refractivity contribution is 5.47. The van der Waals surface area contributed by atoms with Crippen molar-refractivity contribution in [3.05, 3.63) is 65.5 Å². The molecule has 2 aromatic rings. The molecule has 20 heavy (non-hydrogen) atoms. The molecular formula is C17H21FN2. The molecule has 0 aliphatic heterocycles. The van der Waals surface area contributed by atoms with Crippen molar-refractivity contribution in [2.24, 2.45) is 0 Å². The van der Waals surface area contributed by atoms with Crippen LogP contribution in [0.1, 0.15) is 18.1 Å². The Bertz CT molecular complexity index is 537. The predicted octanol–water partition coefficient (Wildman–Crippen LogP) is 3.57. The third-order valence-electron chi connectivity index (χ3n) is 3.42. The van der Waals surface area contributed by atoms with Gasteiger partial charge in [0.05, 0.1) is 0 Å². The van der Waals surface area contributed by atoms with Crippen molar-refractivity contribution in [1.82, 2.24) is 5.32 Å². The van der Waals surface area contributed by atoms with Gasteiger partial charge in [0.2, 0.25) is 0 Å². The van der Waals surface area contributed by atoms with Crippen molar-refractivity contribution < 1.29 is 4.39 Å². The molecule has 0 aliphatic rings. The number of nitrogens with zero attached hydrogens (tertiary/aromatic N) is 1. The van der Waals surface area contributed by atoms with Gasteiger partial charge in [-0.1, -0.05) is 24.3 Å². The zero-order valence-electron chi connectivity index (χ0n) is 12.1. The zero-order valence-corrected chi connectivity index (χ0v) is 12.1. The highest BCUT2D eigenvalue weighted by Gasteiger charge is 2.08. The lowest BCUT2D eigenvalue weighted by atomic mass is 10.1. The van der Waals surface area contributed by atoms with E-state index in [1.165, 1.54) is 23.3 Å². The molecule has 0 atom stereocenters. The highest BCUT2D eigenvalue weighted by Crippen LogP contribution is 2.19. The molecule has 0 aliphatic carbocycles. The van der Waals surface area contributed by atoms with Gasteiger partial charge in [-0.05, 0) is 49.4 Å². The van der Waals surface area contributed by atoms with Crippen LogP contribution in [0.2, 0.25) is 0 Å². The topological polar surface area (TPSA) is 15.3 Å². The summed E-state index contributed by atoms with van der Waals surface area (Å²) in [6.07, 6.45) is 0. The molecule has 0 saturated carbocycles. The van der Waals surface area contributed by atoms with E-state index in [0.29, 0.717) is 0 Å². The molecule has 2 nitrogen and oxygen atoms in total. The van der Waals surface area contributed by atoms with Gasteiger partial charge in [0.15, 0.2) is 0 Å². The minimum atomic E-state index is -0.194. The fourth-order valence-electron chi connectivity index (χ4n) is 2.32. The zero-order chi connectivity index (χ0) is 14.4. The first-order chi connectivity index (χ1) is 9.74. The first kappa shape index (κ1) is 14.5. The van der Waals surface area contributed by atoms with Crippen LogP contribution in [0, 0.1) is 5.82 Å². The molecule has 0 spiro atoms. The first-order valence-electron chi connectivity index (χ1n) is 6.96. The fraction of sp³-hybridized carbons (Fsp3) is 0.294. The SMILES string of the molecule is CCN(Cc1ccccc1CNC)c1ccc(F)cc1. The second kappa shape index (κ2) is 7.06. The summed E-state index contributed by atoms with van der Waals surface area (Å²) < 4.78 is 13.0. The average Bonchev–Trinajstić information content (AvgIpc) is 2.48. The van der Waals surface area contributed by atoms with Crippen molar-refractivity contribution in [2.45, 2.75) is 20.0 Å². The Hall–Kier alpha value is -1.87. The molecule has 0 heterocycles. The summed E-state index contributed by atoms with van der Waals surface area (Å²) in [5.41, 5.74) is 3.65. The Kier molecular flexibility index (Phi) is 5.13. The van der Waals surface area contributed by atoms with Gasteiger partial charge < -0.3 is 10.2 Å². The van der Waals surface area contributed by atoms with Crippen LogP contribution in [-0.2, 0) is 13.1 Å². The Balaban J connectivity index is 2.20. The lowest BCUT2D eigenvalue weighted by Crippen LogP contribution is -2.23. The minimum Gasteiger partial charge on any atom is -0.367 e. The number of hydrogen-bond donors (Lipinski definition) is 1. The molecule has 3 heteroatoms. The maximum atomic E-state index is 13.0. The summed E-state index contributed by atoms with van der Waals surface area (Å²) in [4.78, 5) is 2.24. The maximum absolute atomic E-state index is 13.0. The van der Waals surface area contributed by atoms with Crippen molar-refractivity contribution in [3.63, 3.8) is 0 Å². The normalized spacial score (nSPS) is 10.6. The van der Waals surface area contributed by atoms with E-state index in [-0.39, 0.29) is 5.82 Å². The van der Waals surface area contributed by atoms with Gasteiger partial charge in [-0.2, -0.15) is 0 Å². The molecule has 0 aromatic heterocycles. The summed E-state index contributed by atoms with van der Waals surface area (Å²) in [6, 6.07) is 15.1. The molecule has 0 amide bonds. The molecule has 2 aromatic carbocycles. The summed E-state index contributed by atoms with van der Waals surface area (Å²) in [6.45, 7) is 4.70. The number of hydrogen-bond acceptors (Lipinski definition) is 2. The third kappa shape index (κ3) is 3.58. The number of rotatable bonds is 6. The summed E-state index contributed by atoms with van der Waals surface area (Å²) in [5.74, 6) is -0.194. The predicted molar refractivity (Wildman–Crippen MR) is 82.3 cm³/mol. The van der Waals surface area contributed by atoms with Crippen molar-refractivity contribution in [2.75, 3.05) is 18.5 Å². The standard InChI is InChI=1S/C17H21FN2/c1-3-20(17-10-8-16(18)9-11-17)13-15-7-5-4-6-14(15)12-19-2/h4-11,19H,3,12-13H2,1-2H3. The lowest BCUT2D eigenvalue weighted by Gasteiger charge is -2.24. The van der Waals surface area contributed by atoms with Gasteiger partial charge in [-0.25, -0.2) is 4.39 Å². The van der Waals surface area contributed by atoms with Gasteiger partial charge in [-0.15, -0.1) is 0 Å². The van der Waals surface area contributed by atoms with Crippen LogP contribution in [0.25, 0.3) is 0 Å². The lowest BCUT2D eigenvalue weighted by molar-refractivity contribution is 0.627. The van der Waals surface area contributed by atoms with Crippen LogP contribution in [0.3, 0.4) is 0 Å². The molecule has 106 valence electrons. The summed E-state index contributed by atoms with van der Waals surface area (Å²) in [5, 5.41) is 3.19. The quantitative estimate of drug-likeness (QED) is 0.865. The van der Waals surface area contributed by atoms with E-state index < -0.39 is 0 Å². The second-order valence-electron chi connectivity index (χ2n) is 4.79. The average molecular weight is 272 g/mol. The maximum Gasteiger partial charge on any atom is 0.123 e. The Morgan fingerprint density at radius 3 is 2.25 bits per heavy atom. The monoisotopic (exact) mass is 272 g/mol. The van der Waals surface area contributed by atoms with Gasteiger partial charge in [0.1, 0.15) is 5.82 Å². The molecular weight excluding hydrogens is 251 g/mol. The molecule has 0 saturated heterocycles. The molecule has 0 unspecified atom stereocenters.